The maximum Gasteiger partial charge on any atom is 0.253 e. The number of hydrogen-bond acceptors (Lipinski definition) is 4. The molecule has 0 radical (unpaired) electrons. The van der Waals surface area contributed by atoms with Crippen molar-refractivity contribution in [3.63, 3.8) is 0 Å². The first-order valence-electron chi connectivity index (χ1n) is 15.0. The van der Waals surface area contributed by atoms with Crippen LogP contribution in [0.15, 0.2) is 78.9 Å². The Morgan fingerprint density at radius 3 is 2.58 bits per heavy atom. The van der Waals surface area contributed by atoms with E-state index in [2.05, 4.69) is 53.2 Å². The van der Waals surface area contributed by atoms with Crippen LogP contribution < -0.4 is 5.32 Å². The van der Waals surface area contributed by atoms with Crippen LogP contribution in [0.4, 0.5) is 0 Å². The minimum Gasteiger partial charge on any atom is -0.376 e. The number of hydrogen-bond donors (Lipinski definition) is 1. The number of aromatic nitrogens is 1. The van der Waals surface area contributed by atoms with Gasteiger partial charge in [-0.2, -0.15) is 0 Å². The average Bonchev–Trinajstić information content (AvgIpc) is 3.68. The molecule has 1 N–H and O–H groups in total. The molecule has 1 aliphatic carbocycles. The first-order chi connectivity index (χ1) is 20.9. The lowest BCUT2D eigenvalue weighted by Crippen LogP contribution is -2.62. The van der Waals surface area contributed by atoms with Crippen LogP contribution in [0, 0.1) is 0 Å². The highest BCUT2D eigenvalue weighted by Crippen LogP contribution is 2.62. The Morgan fingerprint density at radius 2 is 1.77 bits per heavy atom. The molecule has 4 heterocycles. The number of likely N-dealkylation sites (N-methyl/N-ethyl adjacent to an activating group) is 1. The highest BCUT2D eigenvalue weighted by atomic mass is 16.6. The number of rotatable bonds is 3. The van der Waals surface area contributed by atoms with Gasteiger partial charge in [0.2, 0.25) is 0 Å². The van der Waals surface area contributed by atoms with Crippen LogP contribution in [-0.4, -0.2) is 53.2 Å². The van der Waals surface area contributed by atoms with Crippen LogP contribution >= 0.6 is 0 Å². The third-order valence-electron chi connectivity index (χ3n) is 10.5. The van der Waals surface area contributed by atoms with Crippen LogP contribution in [-0.2, 0) is 16.0 Å². The summed E-state index contributed by atoms with van der Waals surface area (Å²) in [4.78, 5) is 29.3. The number of ether oxygens (including phenoxy) is 2. The first-order valence-corrected chi connectivity index (χ1v) is 15.0. The quantitative estimate of drug-likeness (QED) is 0.290. The smallest absolute Gasteiger partial charge is 0.253 e. The molecule has 4 aliphatic rings. The number of benzene rings is 4. The van der Waals surface area contributed by atoms with Gasteiger partial charge in [-0.15, -0.1) is 0 Å². The van der Waals surface area contributed by atoms with Gasteiger partial charge in [-0.1, -0.05) is 60.7 Å². The Morgan fingerprint density at radius 1 is 1.02 bits per heavy atom. The predicted octanol–water partition coefficient (Wildman–Crippen LogP) is 6.00. The number of carbonyl (C=O) groups excluding carboxylic acids is 2. The van der Waals surface area contributed by atoms with Gasteiger partial charge in [0.25, 0.3) is 11.8 Å². The maximum absolute atomic E-state index is 13.9. The van der Waals surface area contributed by atoms with Gasteiger partial charge in [-0.25, -0.2) is 0 Å². The summed E-state index contributed by atoms with van der Waals surface area (Å²) in [5.74, 6) is -0.233. The molecule has 5 atom stereocenters. The summed E-state index contributed by atoms with van der Waals surface area (Å²) in [6.45, 7) is 2.66. The summed E-state index contributed by atoms with van der Waals surface area (Å²) in [5, 5.41) is 5.19. The largest absolute Gasteiger partial charge is 0.376 e. The average molecular weight is 570 g/mol. The van der Waals surface area contributed by atoms with Crippen LogP contribution in [0.25, 0.3) is 32.9 Å². The standard InChI is InChI=1S/C36H31N3O4/c1-36-31-21-14-8-7-13-20(21)27-23-18-37-34(40)29(23)28-22-15-9-10-16-24(22)39(32(28)30(27)31)26(43-36)17-25(33(36)42-3)38(2)35(41)19-11-5-4-6-12-19/h4-16,25-26,31,33H,17-18H2,1-3H3,(H,37,40)/t25-,26+,31?,33-,36-/m1/s1. The zero-order valence-electron chi connectivity index (χ0n) is 24.3. The molecule has 7 nitrogen and oxygen atoms in total. The second kappa shape index (κ2) is 8.56. The fraction of sp³-hybridized carbons (Fsp3) is 0.278. The Bertz CT molecular complexity index is 2030. The molecule has 1 saturated heterocycles. The summed E-state index contributed by atoms with van der Waals surface area (Å²) in [6, 6.07) is 26.0. The van der Waals surface area contributed by atoms with E-state index in [1.807, 2.05) is 54.4 Å². The Hall–Kier alpha value is -4.46. The van der Waals surface area contributed by atoms with Crippen molar-refractivity contribution in [1.82, 2.24) is 14.8 Å². The molecule has 5 aromatic rings. The number of amides is 2. The minimum absolute atomic E-state index is 0.0261. The first kappa shape index (κ1) is 25.1. The van der Waals surface area contributed by atoms with E-state index in [0.29, 0.717) is 18.5 Å². The molecule has 0 saturated carbocycles. The number of carbonyl (C=O) groups is 2. The van der Waals surface area contributed by atoms with Gasteiger partial charge < -0.3 is 24.3 Å². The number of nitrogens with one attached hydrogen (secondary N) is 1. The van der Waals surface area contributed by atoms with Crippen LogP contribution in [0.5, 0.6) is 0 Å². The predicted molar refractivity (Wildman–Crippen MR) is 164 cm³/mol. The molecule has 9 rings (SSSR count). The Balaban J connectivity index is 1.38. The summed E-state index contributed by atoms with van der Waals surface area (Å²) < 4.78 is 16.0. The fourth-order valence-corrected chi connectivity index (χ4v) is 8.84. The minimum atomic E-state index is -0.813. The summed E-state index contributed by atoms with van der Waals surface area (Å²) >= 11 is 0. The number of para-hydroxylation sites is 1. The molecule has 3 aliphatic heterocycles. The van der Waals surface area contributed by atoms with E-state index >= 15 is 0 Å². The van der Waals surface area contributed by atoms with Gasteiger partial charge in [0.1, 0.15) is 17.9 Å². The third-order valence-corrected chi connectivity index (χ3v) is 10.5. The van der Waals surface area contributed by atoms with E-state index in [1.165, 1.54) is 11.1 Å². The molecule has 1 fully saturated rings. The zero-order chi connectivity index (χ0) is 29.2. The summed E-state index contributed by atoms with van der Waals surface area (Å²) in [5.41, 5.74) is 8.42. The van der Waals surface area contributed by atoms with E-state index in [-0.39, 0.29) is 30.0 Å². The molecular formula is C36H31N3O4. The fourth-order valence-electron chi connectivity index (χ4n) is 8.84. The molecule has 214 valence electrons. The zero-order valence-corrected chi connectivity index (χ0v) is 24.3. The van der Waals surface area contributed by atoms with Crippen molar-refractivity contribution in [2.75, 3.05) is 14.2 Å². The molecule has 1 unspecified atom stereocenters. The number of methoxy groups -OCH3 is 1. The van der Waals surface area contributed by atoms with Gasteiger partial charge in [-0.05, 0) is 52.9 Å². The lowest BCUT2D eigenvalue weighted by Gasteiger charge is -2.52. The number of fused-ring (bicyclic) bond motifs is 13. The van der Waals surface area contributed by atoms with Gasteiger partial charge in [-0.3, -0.25) is 9.59 Å². The lowest BCUT2D eigenvalue weighted by atomic mass is 9.73. The van der Waals surface area contributed by atoms with Crippen molar-refractivity contribution in [3.8, 4) is 11.1 Å². The highest BCUT2D eigenvalue weighted by molar-refractivity contribution is 6.23. The summed E-state index contributed by atoms with van der Waals surface area (Å²) in [6.07, 6.45) is -0.243. The van der Waals surface area contributed by atoms with Crippen LogP contribution in [0.3, 0.4) is 0 Å². The van der Waals surface area contributed by atoms with Crippen molar-refractivity contribution in [2.24, 2.45) is 0 Å². The maximum atomic E-state index is 13.9. The molecule has 2 bridgehead atoms. The monoisotopic (exact) mass is 569 g/mol. The van der Waals surface area contributed by atoms with Crippen LogP contribution in [0.2, 0.25) is 0 Å². The summed E-state index contributed by atoms with van der Waals surface area (Å²) in [7, 11) is 3.62. The molecule has 2 amide bonds. The Kier molecular flexibility index (Phi) is 4.99. The SMILES string of the molecule is CO[C@@H]1[C@H](N(C)C(=O)c2ccccc2)C[C@@H]2O[C@]1(C)C1c3ccccc3-c3c4c(c5c6ccccc6n2c5c31)C(=O)NC4. The van der Waals surface area contributed by atoms with Gasteiger partial charge in [0.05, 0.1) is 22.6 Å². The molecule has 4 aromatic carbocycles. The second-order valence-corrected chi connectivity index (χ2v) is 12.5. The van der Waals surface area contributed by atoms with E-state index in [1.54, 1.807) is 7.11 Å². The van der Waals surface area contributed by atoms with Crippen molar-refractivity contribution in [1.29, 1.82) is 0 Å². The van der Waals surface area contributed by atoms with E-state index in [9.17, 15) is 9.59 Å². The second-order valence-electron chi connectivity index (χ2n) is 12.5. The van der Waals surface area contributed by atoms with Crippen molar-refractivity contribution in [3.05, 3.63) is 107 Å². The van der Waals surface area contributed by atoms with Crippen molar-refractivity contribution < 1.29 is 19.1 Å². The molecule has 43 heavy (non-hydrogen) atoms. The Labute approximate surface area is 249 Å². The normalized spacial score (nSPS) is 26.3. The molecule has 7 heteroatoms. The molecule has 1 aromatic heterocycles. The van der Waals surface area contributed by atoms with E-state index in [4.69, 9.17) is 9.47 Å². The van der Waals surface area contributed by atoms with Gasteiger partial charge in [0, 0.05) is 49.4 Å². The topological polar surface area (TPSA) is 72.8 Å². The molecule has 0 spiro atoms. The van der Waals surface area contributed by atoms with E-state index in [0.717, 1.165) is 44.1 Å². The third kappa shape index (κ3) is 3.01. The van der Waals surface area contributed by atoms with Crippen LogP contribution in [0.1, 0.15) is 62.9 Å². The number of nitrogens with zero attached hydrogens (tertiary/aromatic N) is 2. The van der Waals surface area contributed by atoms with Crippen molar-refractivity contribution in [2.45, 2.75) is 49.8 Å². The lowest BCUT2D eigenvalue weighted by molar-refractivity contribution is -0.232. The highest BCUT2D eigenvalue weighted by Gasteiger charge is 2.60. The van der Waals surface area contributed by atoms with Gasteiger partial charge >= 0.3 is 0 Å². The molecular weight excluding hydrogens is 538 g/mol. The van der Waals surface area contributed by atoms with E-state index < -0.39 is 11.7 Å². The van der Waals surface area contributed by atoms with Crippen molar-refractivity contribution >= 4 is 33.6 Å². The van der Waals surface area contributed by atoms with Gasteiger partial charge in [0.15, 0.2) is 0 Å².